The largest absolute Gasteiger partial charge is 0.489 e. The Morgan fingerprint density at radius 2 is 1.83 bits per heavy atom. The van der Waals surface area contributed by atoms with E-state index >= 15 is 0 Å². The van der Waals surface area contributed by atoms with Crippen LogP contribution in [-0.2, 0) is 16.2 Å². The molecule has 3 aromatic rings. The van der Waals surface area contributed by atoms with Gasteiger partial charge in [0.05, 0.1) is 17.5 Å². The average molecular weight is 489 g/mol. The summed E-state index contributed by atoms with van der Waals surface area (Å²) in [5.74, 6) is -1.07. The van der Waals surface area contributed by atoms with Gasteiger partial charge in [0.2, 0.25) is 11.8 Å². The highest BCUT2D eigenvalue weighted by Gasteiger charge is 2.44. The number of likely N-dealkylation sites (tertiary alicyclic amines) is 1. The van der Waals surface area contributed by atoms with Gasteiger partial charge in [0, 0.05) is 41.2 Å². The summed E-state index contributed by atoms with van der Waals surface area (Å²) < 4.78 is 5.97. The molecule has 0 spiro atoms. The standard InChI is InChI=1S/C27H28N4O5/c1-16-12-19(21-4-2-3-5-23(21)28-16)15-36-20-10-8-17(9-11-20)25(32)29-24-14-31(27(34)18-6-7-18)13-22(24)26(33)30-35/h2-5,8-12,18,22,24,35H,6-7,13-15H2,1H3,(H,29,32)(H,30,33)/t22?,24-/m1/s1. The van der Waals surface area contributed by atoms with Crippen molar-refractivity contribution in [1.82, 2.24) is 20.7 Å². The van der Waals surface area contributed by atoms with Gasteiger partial charge in [-0.2, -0.15) is 0 Å². The summed E-state index contributed by atoms with van der Waals surface area (Å²) in [4.78, 5) is 43.7. The van der Waals surface area contributed by atoms with Gasteiger partial charge in [-0.3, -0.25) is 24.6 Å². The number of hydroxylamine groups is 1. The molecule has 1 unspecified atom stereocenters. The number of nitrogens with one attached hydrogen (secondary N) is 2. The Balaban J connectivity index is 1.23. The molecule has 1 saturated heterocycles. The lowest BCUT2D eigenvalue weighted by Crippen LogP contribution is -2.45. The lowest BCUT2D eigenvalue weighted by atomic mass is 10.0. The van der Waals surface area contributed by atoms with Crippen molar-refractivity contribution in [3.8, 4) is 5.75 Å². The summed E-state index contributed by atoms with van der Waals surface area (Å²) in [5.41, 5.74) is 4.92. The molecule has 186 valence electrons. The number of hydrogen-bond acceptors (Lipinski definition) is 6. The van der Waals surface area contributed by atoms with Crippen LogP contribution < -0.4 is 15.5 Å². The fraction of sp³-hybridized carbons (Fsp3) is 0.333. The maximum Gasteiger partial charge on any atom is 0.251 e. The van der Waals surface area contributed by atoms with E-state index in [4.69, 9.17) is 9.94 Å². The lowest BCUT2D eigenvalue weighted by Gasteiger charge is -2.18. The predicted molar refractivity (Wildman–Crippen MR) is 131 cm³/mol. The first kappa shape index (κ1) is 23.7. The van der Waals surface area contributed by atoms with Crippen LogP contribution >= 0.6 is 0 Å². The third-order valence-corrected chi connectivity index (χ3v) is 6.76. The Morgan fingerprint density at radius 1 is 1.08 bits per heavy atom. The molecule has 36 heavy (non-hydrogen) atoms. The van der Waals surface area contributed by atoms with Crippen LogP contribution in [0.3, 0.4) is 0 Å². The van der Waals surface area contributed by atoms with Gasteiger partial charge in [-0.15, -0.1) is 0 Å². The summed E-state index contributed by atoms with van der Waals surface area (Å²) in [5, 5.41) is 13.0. The zero-order valence-electron chi connectivity index (χ0n) is 19.9. The molecule has 1 aliphatic carbocycles. The molecule has 2 heterocycles. The molecule has 3 N–H and O–H groups in total. The molecule has 1 aromatic heterocycles. The number of pyridine rings is 1. The van der Waals surface area contributed by atoms with E-state index in [1.54, 1.807) is 34.6 Å². The van der Waals surface area contributed by atoms with Crippen LogP contribution in [0.4, 0.5) is 0 Å². The summed E-state index contributed by atoms with van der Waals surface area (Å²) in [6, 6.07) is 16.1. The minimum atomic E-state index is -0.720. The highest BCUT2D eigenvalue weighted by Crippen LogP contribution is 2.33. The van der Waals surface area contributed by atoms with Crippen molar-refractivity contribution in [2.45, 2.75) is 32.4 Å². The Bertz CT molecular complexity index is 1310. The fourth-order valence-corrected chi connectivity index (χ4v) is 4.70. The Labute approximate surface area is 208 Å². The second-order valence-electron chi connectivity index (χ2n) is 9.43. The highest BCUT2D eigenvalue weighted by molar-refractivity contribution is 5.95. The Morgan fingerprint density at radius 3 is 2.56 bits per heavy atom. The highest BCUT2D eigenvalue weighted by atomic mass is 16.5. The van der Waals surface area contributed by atoms with Crippen LogP contribution in [0.5, 0.6) is 5.75 Å². The average Bonchev–Trinajstić information content (AvgIpc) is 3.66. The van der Waals surface area contributed by atoms with Crippen LogP contribution in [0.2, 0.25) is 0 Å². The second-order valence-corrected chi connectivity index (χ2v) is 9.43. The molecule has 9 heteroatoms. The normalized spacial score (nSPS) is 19.2. The number of benzene rings is 2. The quantitative estimate of drug-likeness (QED) is 0.347. The van der Waals surface area contributed by atoms with Gasteiger partial charge < -0.3 is 15.0 Å². The van der Waals surface area contributed by atoms with Crippen LogP contribution in [0, 0.1) is 18.8 Å². The number of fused-ring (bicyclic) bond motifs is 1. The minimum Gasteiger partial charge on any atom is -0.489 e. The van der Waals surface area contributed by atoms with Gasteiger partial charge in [-0.25, -0.2) is 5.48 Å². The first-order valence-corrected chi connectivity index (χ1v) is 12.0. The van der Waals surface area contributed by atoms with Gasteiger partial charge in [-0.1, -0.05) is 18.2 Å². The van der Waals surface area contributed by atoms with Crippen molar-refractivity contribution in [3.63, 3.8) is 0 Å². The monoisotopic (exact) mass is 488 g/mol. The smallest absolute Gasteiger partial charge is 0.251 e. The number of para-hydroxylation sites is 1. The van der Waals surface area contributed by atoms with Crippen LogP contribution in [0.15, 0.2) is 54.6 Å². The van der Waals surface area contributed by atoms with E-state index < -0.39 is 17.9 Å². The van der Waals surface area contributed by atoms with Crippen molar-refractivity contribution in [1.29, 1.82) is 0 Å². The summed E-state index contributed by atoms with van der Waals surface area (Å²) >= 11 is 0. The molecule has 0 radical (unpaired) electrons. The fourth-order valence-electron chi connectivity index (χ4n) is 4.70. The number of hydrogen-bond donors (Lipinski definition) is 3. The van der Waals surface area contributed by atoms with E-state index in [2.05, 4.69) is 10.3 Å². The summed E-state index contributed by atoms with van der Waals surface area (Å²) in [6.07, 6.45) is 1.71. The zero-order chi connectivity index (χ0) is 25.2. The first-order valence-electron chi connectivity index (χ1n) is 12.0. The molecule has 2 aliphatic rings. The van der Waals surface area contributed by atoms with Crippen LogP contribution in [0.1, 0.15) is 34.5 Å². The van der Waals surface area contributed by atoms with E-state index in [1.807, 2.05) is 37.3 Å². The molecule has 0 bridgehead atoms. The molecule has 2 fully saturated rings. The number of nitrogens with zero attached hydrogens (tertiary/aromatic N) is 2. The summed E-state index contributed by atoms with van der Waals surface area (Å²) in [6.45, 7) is 2.71. The topological polar surface area (TPSA) is 121 Å². The van der Waals surface area contributed by atoms with Crippen molar-refractivity contribution in [2.75, 3.05) is 13.1 Å². The van der Waals surface area contributed by atoms with Crippen LogP contribution in [0.25, 0.3) is 10.9 Å². The number of carbonyl (C=O) groups excluding carboxylic acids is 3. The van der Waals surface area contributed by atoms with E-state index in [1.165, 1.54) is 0 Å². The molecule has 3 amide bonds. The van der Waals surface area contributed by atoms with Gasteiger partial charge in [-0.05, 0) is 56.2 Å². The molecule has 5 rings (SSSR count). The first-order chi connectivity index (χ1) is 17.4. The van der Waals surface area contributed by atoms with E-state index in [0.29, 0.717) is 17.9 Å². The maximum absolute atomic E-state index is 12.9. The molecular weight excluding hydrogens is 460 g/mol. The molecule has 1 aliphatic heterocycles. The van der Waals surface area contributed by atoms with Gasteiger partial charge in [0.15, 0.2) is 0 Å². The van der Waals surface area contributed by atoms with Crippen molar-refractivity contribution >= 4 is 28.6 Å². The third-order valence-electron chi connectivity index (χ3n) is 6.76. The third kappa shape index (κ3) is 5.01. The number of amides is 3. The Hall–Kier alpha value is -3.98. The number of ether oxygens (including phenoxy) is 1. The molecule has 9 nitrogen and oxygen atoms in total. The SMILES string of the molecule is Cc1cc(COc2ccc(C(=O)N[C@@H]3CN(C(=O)C4CC4)CC3C(=O)NO)cc2)c2ccccc2n1. The lowest BCUT2D eigenvalue weighted by molar-refractivity contribution is -0.134. The second kappa shape index (κ2) is 9.94. The van der Waals surface area contributed by atoms with Crippen molar-refractivity contribution < 1.29 is 24.3 Å². The van der Waals surface area contributed by atoms with Crippen LogP contribution in [-0.4, -0.2) is 51.9 Å². The van der Waals surface area contributed by atoms with E-state index in [9.17, 15) is 14.4 Å². The summed E-state index contributed by atoms with van der Waals surface area (Å²) in [7, 11) is 0. The van der Waals surface area contributed by atoms with E-state index in [0.717, 1.165) is 35.0 Å². The van der Waals surface area contributed by atoms with Gasteiger partial charge >= 0.3 is 0 Å². The predicted octanol–water partition coefficient (Wildman–Crippen LogP) is 2.59. The number of carbonyl (C=O) groups is 3. The molecule has 2 aromatic carbocycles. The zero-order valence-corrected chi connectivity index (χ0v) is 19.9. The maximum atomic E-state index is 12.9. The number of aryl methyl sites for hydroxylation is 1. The van der Waals surface area contributed by atoms with Crippen molar-refractivity contribution in [2.24, 2.45) is 11.8 Å². The number of aromatic nitrogens is 1. The van der Waals surface area contributed by atoms with Gasteiger partial charge in [0.25, 0.3) is 5.91 Å². The molecule has 1 saturated carbocycles. The van der Waals surface area contributed by atoms with Crippen molar-refractivity contribution in [3.05, 3.63) is 71.4 Å². The van der Waals surface area contributed by atoms with Gasteiger partial charge in [0.1, 0.15) is 12.4 Å². The van der Waals surface area contributed by atoms with E-state index in [-0.39, 0.29) is 30.8 Å². The minimum absolute atomic E-state index is 0.00107. The molecule has 2 atom stereocenters. The number of rotatable bonds is 7. The molecular formula is C27H28N4O5. The Kier molecular flexibility index (Phi) is 6.56.